The van der Waals surface area contributed by atoms with Gasteiger partial charge in [-0.05, 0) is 26.3 Å². The van der Waals surface area contributed by atoms with E-state index in [-0.39, 0.29) is 0 Å². The van der Waals surface area contributed by atoms with E-state index < -0.39 is 17.8 Å². The minimum absolute atomic E-state index is 0.369. The van der Waals surface area contributed by atoms with Crippen molar-refractivity contribution in [2.45, 2.75) is 37.6 Å². The monoisotopic (exact) mass is 183 g/mol. The largest absolute Gasteiger partial charge is 0.416 e. The molecule has 2 nitrogen and oxygen atoms in total. The Balaban J connectivity index is 2.68. The molecule has 0 aliphatic carbocycles. The molecule has 0 amide bonds. The molecule has 1 heterocycles. The quantitative estimate of drug-likeness (QED) is 0.637. The molecule has 1 aliphatic rings. The third-order valence-electron chi connectivity index (χ3n) is 2.32. The number of aliphatic hydroxyl groups excluding tert-OH is 1. The number of rotatable bonds is 1. The van der Waals surface area contributed by atoms with E-state index in [0.29, 0.717) is 19.4 Å². The van der Waals surface area contributed by atoms with Crippen LogP contribution in [-0.2, 0) is 0 Å². The van der Waals surface area contributed by atoms with Crippen LogP contribution in [0.4, 0.5) is 13.2 Å². The topological polar surface area (TPSA) is 32.3 Å². The van der Waals surface area contributed by atoms with Crippen LogP contribution in [0.25, 0.3) is 0 Å². The molecule has 0 radical (unpaired) electrons. The Morgan fingerprint density at radius 3 is 2.42 bits per heavy atom. The molecular weight excluding hydrogens is 171 g/mol. The standard InChI is InChI=1S/C7H12F3NO/c1-6(3-2-4-11-6)5(12)7(8,9)10/h5,11-12H,2-4H2,1H3/t5-,6+/m0/s1. The minimum Gasteiger partial charge on any atom is -0.382 e. The zero-order valence-electron chi connectivity index (χ0n) is 6.78. The van der Waals surface area contributed by atoms with Gasteiger partial charge >= 0.3 is 6.18 Å². The first-order valence-corrected chi connectivity index (χ1v) is 3.86. The molecule has 1 saturated heterocycles. The molecule has 1 aliphatic heterocycles. The number of nitrogens with one attached hydrogen (secondary N) is 1. The summed E-state index contributed by atoms with van der Waals surface area (Å²) in [6.45, 7) is 1.95. The summed E-state index contributed by atoms with van der Waals surface area (Å²) < 4.78 is 36.2. The molecule has 2 N–H and O–H groups in total. The maximum Gasteiger partial charge on any atom is 0.416 e. The Morgan fingerprint density at radius 1 is 1.50 bits per heavy atom. The minimum atomic E-state index is -4.52. The van der Waals surface area contributed by atoms with Gasteiger partial charge in [-0.1, -0.05) is 0 Å². The van der Waals surface area contributed by atoms with Crippen LogP contribution < -0.4 is 5.32 Å². The number of alkyl halides is 3. The van der Waals surface area contributed by atoms with Crippen molar-refractivity contribution in [2.24, 2.45) is 0 Å². The van der Waals surface area contributed by atoms with Gasteiger partial charge in [-0.2, -0.15) is 13.2 Å². The normalized spacial score (nSPS) is 33.8. The van der Waals surface area contributed by atoms with Gasteiger partial charge in [0.2, 0.25) is 0 Å². The highest BCUT2D eigenvalue weighted by atomic mass is 19.4. The van der Waals surface area contributed by atoms with E-state index in [2.05, 4.69) is 5.32 Å². The summed E-state index contributed by atoms with van der Waals surface area (Å²) in [6.07, 6.45) is -5.73. The van der Waals surface area contributed by atoms with Crippen molar-refractivity contribution in [1.29, 1.82) is 0 Å². The van der Waals surface area contributed by atoms with Crippen LogP contribution in [0.5, 0.6) is 0 Å². The fourth-order valence-electron chi connectivity index (χ4n) is 1.51. The third kappa shape index (κ3) is 1.72. The first-order valence-electron chi connectivity index (χ1n) is 3.86. The van der Waals surface area contributed by atoms with E-state index >= 15 is 0 Å². The van der Waals surface area contributed by atoms with Gasteiger partial charge in [0, 0.05) is 0 Å². The van der Waals surface area contributed by atoms with E-state index in [4.69, 9.17) is 5.11 Å². The number of hydrogen-bond acceptors (Lipinski definition) is 2. The van der Waals surface area contributed by atoms with Crippen LogP contribution in [0.2, 0.25) is 0 Å². The molecule has 1 fully saturated rings. The van der Waals surface area contributed by atoms with Crippen molar-refractivity contribution in [1.82, 2.24) is 5.32 Å². The lowest BCUT2D eigenvalue weighted by Gasteiger charge is -2.31. The Morgan fingerprint density at radius 2 is 2.08 bits per heavy atom. The van der Waals surface area contributed by atoms with E-state index in [1.54, 1.807) is 0 Å². The lowest BCUT2D eigenvalue weighted by Crippen LogP contribution is -2.54. The Kier molecular flexibility index (Phi) is 2.35. The summed E-state index contributed by atoms with van der Waals surface area (Å²) in [5.74, 6) is 0. The van der Waals surface area contributed by atoms with Crippen LogP contribution in [-0.4, -0.2) is 29.5 Å². The summed E-state index contributed by atoms with van der Waals surface area (Å²) in [7, 11) is 0. The van der Waals surface area contributed by atoms with E-state index in [1.165, 1.54) is 6.92 Å². The highest BCUT2D eigenvalue weighted by molar-refractivity contribution is 4.97. The molecule has 0 spiro atoms. The van der Waals surface area contributed by atoms with Crippen LogP contribution in [0.15, 0.2) is 0 Å². The van der Waals surface area contributed by atoms with Crippen LogP contribution in [0.1, 0.15) is 19.8 Å². The molecule has 0 unspecified atom stereocenters. The second-order valence-corrected chi connectivity index (χ2v) is 3.39. The second-order valence-electron chi connectivity index (χ2n) is 3.39. The van der Waals surface area contributed by atoms with Gasteiger partial charge in [-0.15, -0.1) is 0 Å². The first kappa shape index (κ1) is 9.80. The Labute approximate surface area is 68.8 Å². The van der Waals surface area contributed by atoms with Crippen molar-refractivity contribution < 1.29 is 18.3 Å². The average molecular weight is 183 g/mol. The molecule has 5 heteroatoms. The molecular formula is C7H12F3NO. The fraction of sp³-hybridized carbons (Fsp3) is 1.00. The molecule has 0 saturated carbocycles. The second kappa shape index (κ2) is 2.88. The molecule has 1 rings (SSSR count). The average Bonchev–Trinajstić information content (AvgIpc) is 2.34. The predicted octanol–water partition coefficient (Wildman–Crippen LogP) is 1.05. The number of halogens is 3. The Bertz CT molecular complexity index is 163. The smallest absolute Gasteiger partial charge is 0.382 e. The fourth-order valence-corrected chi connectivity index (χ4v) is 1.51. The van der Waals surface area contributed by atoms with Crippen LogP contribution in [0.3, 0.4) is 0 Å². The molecule has 0 bridgehead atoms. The van der Waals surface area contributed by atoms with Crippen LogP contribution in [0, 0.1) is 0 Å². The first-order chi connectivity index (χ1) is 5.36. The lowest BCUT2D eigenvalue weighted by atomic mass is 9.93. The SMILES string of the molecule is C[C@]1([C@H](O)C(F)(F)F)CCCN1. The Hall–Kier alpha value is -0.290. The molecule has 12 heavy (non-hydrogen) atoms. The maximum atomic E-state index is 12.1. The van der Waals surface area contributed by atoms with Gasteiger partial charge in [0.15, 0.2) is 6.10 Å². The molecule has 0 aromatic rings. The molecule has 0 aromatic carbocycles. The predicted molar refractivity (Wildman–Crippen MR) is 37.7 cm³/mol. The molecule has 2 atom stereocenters. The van der Waals surface area contributed by atoms with Gasteiger partial charge in [0.1, 0.15) is 0 Å². The van der Waals surface area contributed by atoms with Gasteiger partial charge in [0.25, 0.3) is 0 Å². The van der Waals surface area contributed by atoms with E-state index in [0.717, 1.165) is 0 Å². The lowest BCUT2D eigenvalue weighted by molar-refractivity contribution is -0.223. The highest BCUT2D eigenvalue weighted by Crippen LogP contribution is 2.33. The van der Waals surface area contributed by atoms with Crippen molar-refractivity contribution in [2.75, 3.05) is 6.54 Å². The van der Waals surface area contributed by atoms with E-state index in [1.807, 2.05) is 0 Å². The van der Waals surface area contributed by atoms with Crippen molar-refractivity contribution in [3.63, 3.8) is 0 Å². The van der Waals surface area contributed by atoms with E-state index in [9.17, 15) is 13.2 Å². The number of aliphatic hydroxyl groups is 1. The summed E-state index contributed by atoms with van der Waals surface area (Å²) in [6, 6.07) is 0. The van der Waals surface area contributed by atoms with Crippen LogP contribution >= 0.6 is 0 Å². The van der Waals surface area contributed by atoms with Gasteiger partial charge in [-0.3, -0.25) is 0 Å². The highest BCUT2D eigenvalue weighted by Gasteiger charge is 2.51. The van der Waals surface area contributed by atoms with Gasteiger partial charge < -0.3 is 10.4 Å². The summed E-state index contributed by atoms with van der Waals surface area (Å²) in [5.41, 5.74) is -1.18. The summed E-state index contributed by atoms with van der Waals surface area (Å²) in [5, 5.41) is 11.6. The zero-order valence-corrected chi connectivity index (χ0v) is 6.78. The van der Waals surface area contributed by atoms with Crippen molar-refractivity contribution in [3.05, 3.63) is 0 Å². The van der Waals surface area contributed by atoms with Crippen molar-refractivity contribution in [3.8, 4) is 0 Å². The number of hydrogen-bond donors (Lipinski definition) is 2. The zero-order chi connectivity index (χ0) is 9.41. The third-order valence-corrected chi connectivity index (χ3v) is 2.32. The summed E-state index contributed by atoms with van der Waals surface area (Å²) >= 11 is 0. The summed E-state index contributed by atoms with van der Waals surface area (Å²) in [4.78, 5) is 0. The van der Waals surface area contributed by atoms with Crippen molar-refractivity contribution >= 4 is 0 Å². The van der Waals surface area contributed by atoms with Gasteiger partial charge in [0.05, 0.1) is 5.54 Å². The maximum absolute atomic E-state index is 12.1. The van der Waals surface area contributed by atoms with Gasteiger partial charge in [-0.25, -0.2) is 0 Å². The molecule has 72 valence electrons. The molecule has 0 aromatic heterocycles.